The van der Waals surface area contributed by atoms with E-state index in [0.29, 0.717) is 24.9 Å². The summed E-state index contributed by atoms with van der Waals surface area (Å²) in [4.78, 5) is 18.7. The minimum Gasteiger partial charge on any atom is -0.460 e. The van der Waals surface area contributed by atoms with E-state index in [2.05, 4.69) is 19.9 Å². The molecule has 4 rings (SSSR count). The normalized spacial score (nSPS) is 15.0. The lowest BCUT2D eigenvalue weighted by Gasteiger charge is -2.32. The van der Waals surface area contributed by atoms with Gasteiger partial charge in [-0.15, -0.1) is 0 Å². The van der Waals surface area contributed by atoms with Crippen molar-refractivity contribution in [2.24, 2.45) is 0 Å². The summed E-state index contributed by atoms with van der Waals surface area (Å²) in [7, 11) is 0. The van der Waals surface area contributed by atoms with Crippen LogP contribution in [0.25, 0.3) is 11.1 Å². The van der Waals surface area contributed by atoms with Crippen LogP contribution in [-0.2, 0) is 0 Å². The third kappa shape index (κ3) is 3.61. The number of hydrogen-bond acceptors (Lipinski definition) is 6. The van der Waals surface area contributed by atoms with E-state index in [-0.39, 0.29) is 11.9 Å². The molecule has 0 aliphatic carbocycles. The quantitative estimate of drug-likeness (QED) is 0.720. The summed E-state index contributed by atoms with van der Waals surface area (Å²) >= 11 is 0. The van der Waals surface area contributed by atoms with E-state index >= 15 is 0 Å². The summed E-state index contributed by atoms with van der Waals surface area (Å²) in [6.45, 7) is 1.38. The third-order valence-corrected chi connectivity index (χ3v) is 4.39. The summed E-state index contributed by atoms with van der Waals surface area (Å²) in [5, 5.41) is 0. The predicted molar refractivity (Wildman–Crippen MR) is 95.3 cm³/mol. The van der Waals surface area contributed by atoms with E-state index in [1.807, 2.05) is 17.0 Å². The van der Waals surface area contributed by atoms with Crippen molar-refractivity contribution in [2.75, 3.05) is 18.0 Å². The Morgan fingerprint density at radius 3 is 2.35 bits per heavy atom. The number of ether oxygens (including phenoxy) is 1. The van der Waals surface area contributed by atoms with Crippen LogP contribution in [-0.4, -0.2) is 39.1 Å². The molecule has 0 radical (unpaired) electrons. The number of hydrogen-bond donors (Lipinski definition) is 0. The highest BCUT2D eigenvalue weighted by atomic mass is 19.1. The molecule has 0 N–H and O–H groups in total. The Kier molecular flexibility index (Phi) is 4.68. The van der Waals surface area contributed by atoms with Crippen molar-refractivity contribution in [1.29, 1.82) is 0 Å². The molecule has 0 bridgehead atoms. The van der Waals surface area contributed by atoms with E-state index in [9.17, 15) is 4.39 Å². The number of nitrogens with zero attached hydrogens (tertiary/aromatic N) is 5. The highest BCUT2D eigenvalue weighted by Crippen LogP contribution is 2.23. The molecule has 1 fully saturated rings. The van der Waals surface area contributed by atoms with E-state index in [4.69, 9.17) is 4.74 Å². The van der Waals surface area contributed by atoms with Crippen molar-refractivity contribution in [3.05, 3.63) is 61.1 Å². The van der Waals surface area contributed by atoms with Gasteiger partial charge in [-0.25, -0.2) is 19.3 Å². The Labute approximate surface area is 150 Å². The maximum atomic E-state index is 13.8. The van der Waals surface area contributed by atoms with Crippen molar-refractivity contribution in [1.82, 2.24) is 19.9 Å². The summed E-state index contributed by atoms with van der Waals surface area (Å²) in [5.41, 5.74) is 1.93. The first kappa shape index (κ1) is 16.4. The fraction of sp³-hybridized carbons (Fsp3) is 0.263. The molecule has 6 nitrogen and oxygen atoms in total. The van der Waals surface area contributed by atoms with Gasteiger partial charge in [0.25, 0.3) is 0 Å². The zero-order valence-electron chi connectivity index (χ0n) is 14.1. The molecule has 0 unspecified atom stereocenters. The smallest absolute Gasteiger partial charge is 0.316 e. The summed E-state index contributed by atoms with van der Waals surface area (Å²) in [5.74, 6) is 0.116. The van der Waals surface area contributed by atoms with Gasteiger partial charge in [0.05, 0.1) is 0 Å². The van der Waals surface area contributed by atoms with E-state index < -0.39 is 0 Å². The Morgan fingerprint density at radius 2 is 1.65 bits per heavy atom. The van der Waals surface area contributed by atoms with Crippen molar-refractivity contribution in [3.8, 4) is 17.1 Å². The Morgan fingerprint density at radius 1 is 0.923 bits per heavy atom. The molecule has 3 aromatic rings. The predicted octanol–water partition coefficient (Wildman–Crippen LogP) is 3.12. The van der Waals surface area contributed by atoms with Crippen molar-refractivity contribution < 1.29 is 9.13 Å². The van der Waals surface area contributed by atoms with Gasteiger partial charge in [0, 0.05) is 62.5 Å². The van der Waals surface area contributed by atoms with Crippen LogP contribution < -0.4 is 9.64 Å². The average Bonchev–Trinajstić information content (AvgIpc) is 2.70. The summed E-state index contributed by atoms with van der Waals surface area (Å²) in [6.07, 6.45) is 10.1. The van der Waals surface area contributed by atoms with Crippen molar-refractivity contribution in [2.45, 2.75) is 18.9 Å². The second kappa shape index (κ2) is 7.43. The fourth-order valence-corrected chi connectivity index (χ4v) is 3.02. The number of anilines is 1. The SMILES string of the molecule is Fc1cccnc1N1CCC(Oc2ncc(-c3ccncc3)cn2)CC1. The molecule has 0 amide bonds. The maximum absolute atomic E-state index is 13.8. The van der Waals surface area contributed by atoms with Crippen LogP contribution in [0.15, 0.2) is 55.2 Å². The van der Waals surface area contributed by atoms with Gasteiger partial charge in [-0.2, -0.15) is 0 Å². The molecule has 0 aromatic carbocycles. The lowest BCUT2D eigenvalue weighted by molar-refractivity contribution is 0.156. The Bertz CT molecular complexity index is 851. The first-order chi connectivity index (χ1) is 12.8. The standard InChI is InChI=1S/C19H18FN5O/c20-17-2-1-7-22-18(17)25-10-5-16(6-11-25)26-19-23-12-15(13-24-19)14-3-8-21-9-4-14/h1-4,7-9,12-13,16H,5-6,10-11H2. The minimum atomic E-state index is -0.290. The molecule has 0 atom stereocenters. The molecule has 132 valence electrons. The van der Waals surface area contributed by atoms with Crippen molar-refractivity contribution in [3.63, 3.8) is 0 Å². The molecule has 1 aliphatic heterocycles. The molecule has 1 aliphatic rings. The second-order valence-electron chi connectivity index (χ2n) is 6.10. The molecular formula is C19H18FN5O. The van der Waals surface area contributed by atoms with Crippen molar-refractivity contribution >= 4 is 5.82 Å². The van der Waals surface area contributed by atoms with Gasteiger partial charge >= 0.3 is 6.01 Å². The number of piperidine rings is 1. The highest BCUT2D eigenvalue weighted by Gasteiger charge is 2.23. The first-order valence-electron chi connectivity index (χ1n) is 8.54. The third-order valence-electron chi connectivity index (χ3n) is 4.39. The lowest BCUT2D eigenvalue weighted by atomic mass is 10.1. The van der Waals surface area contributed by atoms with E-state index in [0.717, 1.165) is 24.0 Å². The van der Waals surface area contributed by atoms with Crippen LogP contribution in [0.1, 0.15) is 12.8 Å². The largest absolute Gasteiger partial charge is 0.460 e. The van der Waals surface area contributed by atoms with Gasteiger partial charge in [-0.3, -0.25) is 4.98 Å². The van der Waals surface area contributed by atoms with Crippen LogP contribution in [0.4, 0.5) is 10.2 Å². The molecule has 0 saturated carbocycles. The van der Waals surface area contributed by atoms with Crippen LogP contribution in [0, 0.1) is 5.82 Å². The first-order valence-corrected chi connectivity index (χ1v) is 8.54. The Balaban J connectivity index is 1.35. The molecule has 1 saturated heterocycles. The van der Waals surface area contributed by atoms with Gasteiger partial charge in [0.1, 0.15) is 6.10 Å². The Hall–Kier alpha value is -3.09. The van der Waals surface area contributed by atoms with Gasteiger partial charge < -0.3 is 9.64 Å². The number of halogens is 1. The van der Waals surface area contributed by atoms with E-state index in [1.165, 1.54) is 6.07 Å². The van der Waals surface area contributed by atoms with Crippen LogP contribution >= 0.6 is 0 Å². The minimum absolute atomic E-state index is 0.0183. The molecule has 0 spiro atoms. The number of aromatic nitrogens is 4. The zero-order valence-corrected chi connectivity index (χ0v) is 14.1. The van der Waals surface area contributed by atoms with Gasteiger partial charge in [-0.05, 0) is 29.8 Å². The second-order valence-corrected chi connectivity index (χ2v) is 6.10. The lowest BCUT2D eigenvalue weighted by Crippen LogP contribution is -2.39. The molecular weight excluding hydrogens is 333 g/mol. The maximum Gasteiger partial charge on any atom is 0.316 e. The van der Waals surface area contributed by atoms with Gasteiger partial charge in [-0.1, -0.05) is 0 Å². The van der Waals surface area contributed by atoms with Crippen LogP contribution in [0.3, 0.4) is 0 Å². The summed E-state index contributed by atoms with van der Waals surface area (Å²) in [6, 6.07) is 7.22. The summed E-state index contributed by atoms with van der Waals surface area (Å²) < 4.78 is 19.7. The van der Waals surface area contributed by atoms with E-state index in [1.54, 1.807) is 37.1 Å². The topological polar surface area (TPSA) is 64.0 Å². The van der Waals surface area contributed by atoms with Crippen LogP contribution in [0.5, 0.6) is 6.01 Å². The number of pyridine rings is 2. The molecule has 4 heterocycles. The van der Waals surface area contributed by atoms with Gasteiger partial charge in [0.15, 0.2) is 11.6 Å². The molecule has 7 heteroatoms. The molecule has 26 heavy (non-hydrogen) atoms. The zero-order chi connectivity index (χ0) is 17.8. The average molecular weight is 351 g/mol. The monoisotopic (exact) mass is 351 g/mol. The van der Waals surface area contributed by atoms with Crippen LogP contribution in [0.2, 0.25) is 0 Å². The number of rotatable bonds is 4. The highest BCUT2D eigenvalue weighted by molar-refractivity contribution is 5.60. The molecule has 3 aromatic heterocycles. The fourth-order valence-electron chi connectivity index (χ4n) is 3.02. The van der Waals surface area contributed by atoms with Gasteiger partial charge in [0.2, 0.25) is 0 Å².